The molecule has 138 valence electrons. The summed E-state index contributed by atoms with van der Waals surface area (Å²) < 4.78 is 1.83. The maximum atomic E-state index is 12.5. The predicted octanol–water partition coefficient (Wildman–Crippen LogP) is 1.71. The van der Waals surface area contributed by atoms with Crippen molar-refractivity contribution in [3.63, 3.8) is 0 Å². The molecule has 3 heterocycles. The van der Waals surface area contributed by atoms with Crippen molar-refractivity contribution in [1.29, 1.82) is 0 Å². The quantitative estimate of drug-likeness (QED) is 0.850. The fourth-order valence-corrected chi connectivity index (χ4v) is 4.26. The smallest absolute Gasteiger partial charge is 0.239 e. The highest BCUT2D eigenvalue weighted by Gasteiger charge is 2.39. The molecule has 0 spiro atoms. The van der Waals surface area contributed by atoms with Crippen LogP contribution in [0.4, 0.5) is 5.82 Å². The summed E-state index contributed by atoms with van der Waals surface area (Å²) in [6, 6.07) is 2.40. The van der Waals surface area contributed by atoms with Gasteiger partial charge in [0, 0.05) is 38.2 Å². The number of aryl methyl sites for hydroxylation is 1. The number of nitrogens with zero attached hydrogens (tertiary/aromatic N) is 4. The zero-order chi connectivity index (χ0) is 17.8. The van der Waals surface area contributed by atoms with Crippen LogP contribution in [0, 0.1) is 0 Å². The summed E-state index contributed by atoms with van der Waals surface area (Å²) in [6.07, 6.45) is 6.96. The number of likely N-dealkylation sites (tertiary alicyclic amines) is 2. The first-order valence-corrected chi connectivity index (χ1v) is 9.43. The lowest BCUT2D eigenvalue weighted by atomic mass is 10.0. The molecule has 1 N–H and O–H groups in total. The molecule has 3 rings (SSSR count). The molecule has 0 saturated carbocycles. The van der Waals surface area contributed by atoms with E-state index in [-0.39, 0.29) is 17.9 Å². The van der Waals surface area contributed by atoms with Crippen LogP contribution >= 0.6 is 0 Å². The number of hydrogen-bond acceptors (Lipinski definition) is 4. The monoisotopic (exact) mass is 347 g/mol. The van der Waals surface area contributed by atoms with Gasteiger partial charge in [-0.15, -0.1) is 0 Å². The van der Waals surface area contributed by atoms with Crippen LogP contribution in [-0.4, -0.2) is 63.1 Å². The van der Waals surface area contributed by atoms with Gasteiger partial charge in [0.1, 0.15) is 5.82 Å². The lowest BCUT2D eigenvalue weighted by Gasteiger charge is -2.34. The number of aromatic nitrogens is 2. The molecule has 1 aromatic heterocycles. The molecule has 2 aliphatic rings. The Hall–Kier alpha value is -1.89. The van der Waals surface area contributed by atoms with E-state index in [1.165, 1.54) is 0 Å². The summed E-state index contributed by atoms with van der Waals surface area (Å²) in [4.78, 5) is 28.6. The van der Waals surface area contributed by atoms with Crippen LogP contribution in [0.2, 0.25) is 0 Å². The van der Waals surface area contributed by atoms with E-state index in [0.717, 1.165) is 57.6 Å². The summed E-state index contributed by atoms with van der Waals surface area (Å²) in [6.45, 7) is 6.69. The lowest BCUT2D eigenvalue weighted by molar-refractivity contribution is -0.130. The molecule has 0 bridgehead atoms. The van der Waals surface area contributed by atoms with Crippen LogP contribution in [0.25, 0.3) is 0 Å². The Bertz CT molecular complexity index is 614. The third-order valence-electron chi connectivity index (χ3n) is 5.33. The second-order valence-electron chi connectivity index (χ2n) is 7.09. The minimum absolute atomic E-state index is 0.00266. The summed E-state index contributed by atoms with van der Waals surface area (Å²) in [7, 11) is 0. The van der Waals surface area contributed by atoms with Crippen LogP contribution in [0.1, 0.15) is 46.0 Å². The minimum atomic E-state index is -0.00266. The van der Waals surface area contributed by atoms with Crippen LogP contribution in [0.3, 0.4) is 0 Å². The molecule has 1 aromatic rings. The van der Waals surface area contributed by atoms with E-state index < -0.39 is 0 Å². The van der Waals surface area contributed by atoms with E-state index in [1.54, 1.807) is 13.1 Å². The molecule has 2 atom stereocenters. The van der Waals surface area contributed by atoms with Gasteiger partial charge in [-0.1, -0.05) is 6.92 Å². The largest absolute Gasteiger partial charge is 0.338 e. The predicted molar refractivity (Wildman–Crippen MR) is 96.2 cm³/mol. The van der Waals surface area contributed by atoms with Crippen LogP contribution in [-0.2, 0) is 16.1 Å². The zero-order valence-corrected chi connectivity index (χ0v) is 15.3. The van der Waals surface area contributed by atoms with E-state index in [9.17, 15) is 9.59 Å². The molecule has 0 radical (unpaired) electrons. The van der Waals surface area contributed by atoms with Gasteiger partial charge in [0.05, 0.1) is 12.7 Å². The van der Waals surface area contributed by atoms with Gasteiger partial charge in [0.2, 0.25) is 11.8 Å². The summed E-state index contributed by atoms with van der Waals surface area (Å²) >= 11 is 0. The van der Waals surface area contributed by atoms with Gasteiger partial charge >= 0.3 is 0 Å². The number of nitrogens with one attached hydrogen (secondary N) is 1. The Morgan fingerprint density at radius 3 is 2.76 bits per heavy atom. The van der Waals surface area contributed by atoms with Crippen molar-refractivity contribution in [3.8, 4) is 0 Å². The molecular formula is C18H29N5O2. The average molecular weight is 347 g/mol. The van der Waals surface area contributed by atoms with Crippen molar-refractivity contribution < 1.29 is 9.59 Å². The maximum absolute atomic E-state index is 12.5. The highest BCUT2D eigenvalue weighted by atomic mass is 16.2. The Labute approximate surface area is 149 Å². The standard InChI is InChI=1S/C18H29N5O2/c1-3-10-23-17(8-9-19-23)20-18(25)13-21-11-4-6-15(21)16-7-5-12-22(16)14(2)24/h8-9,15-16H,3-7,10-13H2,1-2H3,(H,20,25)/t15-,16-/m1/s1. The van der Waals surface area contributed by atoms with Crippen molar-refractivity contribution in [2.75, 3.05) is 25.0 Å². The number of amides is 2. The Morgan fingerprint density at radius 2 is 2.00 bits per heavy atom. The van der Waals surface area contributed by atoms with E-state index >= 15 is 0 Å². The van der Waals surface area contributed by atoms with Crippen LogP contribution in [0.15, 0.2) is 12.3 Å². The average Bonchev–Trinajstić information content (AvgIpc) is 3.28. The van der Waals surface area contributed by atoms with Crippen molar-refractivity contribution in [1.82, 2.24) is 19.6 Å². The van der Waals surface area contributed by atoms with Gasteiger partial charge in [0.15, 0.2) is 0 Å². The van der Waals surface area contributed by atoms with Crippen molar-refractivity contribution >= 4 is 17.6 Å². The van der Waals surface area contributed by atoms with Gasteiger partial charge in [0.25, 0.3) is 0 Å². The molecule has 25 heavy (non-hydrogen) atoms. The van der Waals surface area contributed by atoms with Crippen LogP contribution < -0.4 is 5.32 Å². The number of carbonyl (C=O) groups is 2. The molecule has 2 fully saturated rings. The van der Waals surface area contributed by atoms with E-state index in [0.29, 0.717) is 12.6 Å². The Morgan fingerprint density at radius 1 is 1.24 bits per heavy atom. The SMILES string of the molecule is CCCn1nccc1NC(=O)CN1CCC[C@@H]1[C@H]1CCCN1C(C)=O. The zero-order valence-electron chi connectivity index (χ0n) is 15.3. The summed E-state index contributed by atoms with van der Waals surface area (Å²) in [5.41, 5.74) is 0. The molecule has 0 unspecified atom stereocenters. The van der Waals surface area contributed by atoms with E-state index in [2.05, 4.69) is 22.2 Å². The highest BCUT2D eigenvalue weighted by Crippen LogP contribution is 2.29. The van der Waals surface area contributed by atoms with Gasteiger partial charge in [-0.25, -0.2) is 4.68 Å². The highest BCUT2D eigenvalue weighted by molar-refractivity contribution is 5.91. The van der Waals surface area contributed by atoms with Crippen molar-refractivity contribution in [2.45, 2.75) is 64.6 Å². The van der Waals surface area contributed by atoms with Gasteiger partial charge < -0.3 is 10.2 Å². The molecule has 7 heteroatoms. The molecule has 2 amide bonds. The van der Waals surface area contributed by atoms with E-state index in [4.69, 9.17) is 0 Å². The number of rotatable bonds is 6. The lowest BCUT2D eigenvalue weighted by Crippen LogP contribution is -2.49. The first-order valence-electron chi connectivity index (χ1n) is 9.43. The molecule has 2 aliphatic heterocycles. The van der Waals surface area contributed by atoms with Gasteiger partial charge in [-0.3, -0.25) is 14.5 Å². The topological polar surface area (TPSA) is 70.5 Å². The first kappa shape index (κ1) is 17.9. The number of anilines is 1. The normalized spacial score (nSPS) is 24.0. The third-order valence-corrected chi connectivity index (χ3v) is 5.33. The van der Waals surface area contributed by atoms with Crippen molar-refractivity contribution in [2.24, 2.45) is 0 Å². The molecule has 0 aromatic carbocycles. The Kier molecular flexibility index (Phi) is 5.73. The molecule has 2 saturated heterocycles. The molecule has 7 nitrogen and oxygen atoms in total. The fourth-order valence-electron chi connectivity index (χ4n) is 4.26. The minimum Gasteiger partial charge on any atom is -0.338 e. The Balaban J connectivity index is 1.60. The maximum Gasteiger partial charge on any atom is 0.239 e. The van der Waals surface area contributed by atoms with Crippen LogP contribution in [0.5, 0.6) is 0 Å². The van der Waals surface area contributed by atoms with Gasteiger partial charge in [-0.2, -0.15) is 5.10 Å². The second-order valence-corrected chi connectivity index (χ2v) is 7.09. The first-order chi connectivity index (χ1) is 12.1. The summed E-state index contributed by atoms with van der Waals surface area (Å²) in [5.74, 6) is 0.910. The fraction of sp³-hybridized carbons (Fsp3) is 0.722. The van der Waals surface area contributed by atoms with E-state index in [1.807, 2.05) is 15.6 Å². The van der Waals surface area contributed by atoms with Gasteiger partial charge in [-0.05, 0) is 38.6 Å². The molecule has 0 aliphatic carbocycles. The van der Waals surface area contributed by atoms with Crippen molar-refractivity contribution in [3.05, 3.63) is 12.3 Å². The second kappa shape index (κ2) is 7.99. The molecular weight excluding hydrogens is 318 g/mol. The number of hydrogen-bond donors (Lipinski definition) is 1. The summed E-state index contributed by atoms with van der Waals surface area (Å²) in [5, 5.41) is 7.23. The third kappa shape index (κ3) is 4.03. The number of carbonyl (C=O) groups excluding carboxylic acids is 2.